The molecular weight excluding hydrogens is 464 g/mol. The maximum Gasteiger partial charge on any atom is 0.331 e. The number of benzene rings is 2. The van der Waals surface area contributed by atoms with Gasteiger partial charge in [-0.15, -0.1) is 0 Å². The lowest BCUT2D eigenvalue weighted by molar-refractivity contribution is -0.150. The molecule has 4 rings (SSSR count). The zero-order valence-electron chi connectivity index (χ0n) is 18.5. The van der Waals surface area contributed by atoms with Crippen molar-refractivity contribution < 1.29 is 22.7 Å². The molecule has 1 aliphatic carbocycles. The summed E-state index contributed by atoms with van der Waals surface area (Å²) < 4.78 is 33.3. The minimum Gasteiger partial charge on any atom is -0.464 e. The van der Waals surface area contributed by atoms with Crippen molar-refractivity contribution in [3.63, 3.8) is 0 Å². The third-order valence-electron chi connectivity index (χ3n) is 6.39. The van der Waals surface area contributed by atoms with Crippen LogP contribution in [-0.2, 0) is 32.5 Å². The standard InChI is InChI=1S/C24H27ClN2O5S/c1-2-32-23(29)24(12-5-6-13-24)26-22(28)20-15-19(9-10-21(20)25)33(30,31)27-14-11-17-7-3-4-8-18(17)16-27/h3-4,7-10,15H,2,5-6,11-14,16H2,1H3,(H,26,28). The average Bonchev–Trinajstić information content (AvgIpc) is 3.28. The highest BCUT2D eigenvalue weighted by Gasteiger charge is 2.44. The van der Waals surface area contributed by atoms with Crippen LogP contribution in [0.4, 0.5) is 0 Å². The molecule has 0 spiro atoms. The minimum absolute atomic E-state index is 0.00645. The molecule has 0 unspecified atom stereocenters. The van der Waals surface area contributed by atoms with Crippen LogP contribution in [0.15, 0.2) is 47.4 Å². The van der Waals surface area contributed by atoms with E-state index in [4.69, 9.17) is 16.3 Å². The molecule has 7 nitrogen and oxygen atoms in total. The van der Waals surface area contributed by atoms with Gasteiger partial charge in [-0.3, -0.25) is 4.79 Å². The molecule has 0 saturated heterocycles. The molecule has 1 saturated carbocycles. The molecule has 1 heterocycles. The summed E-state index contributed by atoms with van der Waals surface area (Å²) in [4.78, 5) is 25.7. The molecule has 1 amide bonds. The first-order chi connectivity index (χ1) is 15.8. The highest BCUT2D eigenvalue weighted by molar-refractivity contribution is 7.89. The van der Waals surface area contributed by atoms with E-state index < -0.39 is 27.4 Å². The molecule has 2 aliphatic rings. The molecule has 33 heavy (non-hydrogen) atoms. The lowest BCUT2D eigenvalue weighted by Crippen LogP contribution is -2.53. The molecule has 1 fully saturated rings. The van der Waals surface area contributed by atoms with Gasteiger partial charge in [-0.25, -0.2) is 13.2 Å². The fourth-order valence-electron chi connectivity index (χ4n) is 4.58. The highest BCUT2D eigenvalue weighted by Crippen LogP contribution is 2.33. The number of hydrogen-bond donors (Lipinski definition) is 1. The van der Waals surface area contributed by atoms with Gasteiger partial charge in [0.1, 0.15) is 5.54 Å². The first-order valence-corrected chi connectivity index (χ1v) is 12.9. The summed E-state index contributed by atoms with van der Waals surface area (Å²) in [6, 6.07) is 11.9. The number of amides is 1. The van der Waals surface area contributed by atoms with E-state index in [2.05, 4.69) is 5.32 Å². The molecular formula is C24H27ClN2O5S. The second-order valence-electron chi connectivity index (χ2n) is 8.46. The molecule has 0 bridgehead atoms. The smallest absolute Gasteiger partial charge is 0.331 e. The summed E-state index contributed by atoms with van der Waals surface area (Å²) >= 11 is 6.28. The quantitative estimate of drug-likeness (QED) is 0.623. The van der Waals surface area contributed by atoms with Crippen LogP contribution in [0, 0.1) is 0 Å². The summed E-state index contributed by atoms with van der Waals surface area (Å²) in [6.07, 6.45) is 3.15. The predicted molar refractivity (Wildman–Crippen MR) is 124 cm³/mol. The van der Waals surface area contributed by atoms with Crippen LogP contribution in [0.5, 0.6) is 0 Å². The molecule has 0 radical (unpaired) electrons. The molecule has 1 aliphatic heterocycles. The number of nitrogens with zero attached hydrogens (tertiary/aromatic N) is 1. The number of carbonyl (C=O) groups excluding carboxylic acids is 2. The lowest BCUT2D eigenvalue weighted by Gasteiger charge is -2.29. The Labute approximate surface area is 199 Å². The van der Waals surface area contributed by atoms with Crippen molar-refractivity contribution in [1.82, 2.24) is 9.62 Å². The van der Waals surface area contributed by atoms with Crippen LogP contribution in [0.3, 0.4) is 0 Å². The maximum atomic E-state index is 13.4. The van der Waals surface area contributed by atoms with Crippen molar-refractivity contribution in [2.24, 2.45) is 0 Å². The largest absolute Gasteiger partial charge is 0.464 e. The van der Waals surface area contributed by atoms with Crippen LogP contribution in [0.25, 0.3) is 0 Å². The lowest BCUT2D eigenvalue weighted by atomic mass is 9.97. The van der Waals surface area contributed by atoms with Crippen LogP contribution in [0.1, 0.15) is 54.1 Å². The van der Waals surface area contributed by atoms with Crippen molar-refractivity contribution in [1.29, 1.82) is 0 Å². The van der Waals surface area contributed by atoms with Crippen LogP contribution < -0.4 is 5.32 Å². The van der Waals surface area contributed by atoms with Gasteiger partial charge in [-0.2, -0.15) is 4.31 Å². The fraction of sp³-hybridized carbons (Fsp3) is 0.417. The van der Waals surface area contributed by atoms with Crippen molar-refractivity contribution in [2.45, 2.75) is 56.0 Å². The number of carbonyl (C=O) groups is 2. The van der Waals surface area contributed by atoms with Gasteiger partial charge in [0.25, 0.3) is 5.91 Å². The monoisotopic (exact) mass is 490 g/mol. The van der Waals surface area contributed by atoms with Gasteiger partial charge in [0.05, 0.1) is 22.1 Å². The van der Waals surface area contributed by atoms with E-state index in [1.54, 1.807) is 6.92 Å². The summed E-state index contributed by atoms with van der Waals surface area (Å²) in [5.74, 6) is -1.06. The predicted octanol–water partition coefficient (Wildman–Crippen LogP) is 3.69. The second kappa shape index (κ2) is 9.44. The van der Waals surface area contributed by atoms with Crippen molar-refractivity contribution in [3.05, 3.63) is 64.2 Å². The zero-order valence-corrected chi connectivity index (χ0v) is 20.0. The summed E-state index contributed by atoms with van der Waals surface area (Å²) in [5.41, 5.74) is 1.02. The average molecular weight is 491 g/mol. The van der Waals surface area contributed by atoms with E-state index in [1.165, 1.54) is 22.5 Å². The third kappa shape index (κ3) is 4.65. The summed E-state index contributed by atoms with van der Waals surface area (Å²) in [6.45, 7) is 2.56. The summed E-state index contributed by atoms with van der Waals surface area (Å²) in [5, 5.41) is 2.92. The number of ether oxygens (including phenoxy) is 1. The first-order valence-electron chi connectivity index (χ1n) is 11.1. The Hall–Kier alpha value is -2.42. The van der Waals surface area contributed by atoms with Gasteiger partial charge in [0.15, 0.2) is 0 Å². The highest BCUT2D eigenvalue weighted by atomic mass is 35.5. The SMILES string of the molecule is CCOC(=O)C1(NC(=O)c2cc(S(=O)(=O)N3CCc4ccccc4C3)ccc2Cl)CCCC1. The maximum absolute atomic E-state index is 13.4. The Kier molecular flexibility index (Phi) is 6.79. The topological polar surface area (TPSA) is 92.8 Å². The van der Waals surface area contributed by atoms with E-state index in [9.17, 15) is 18.0 Å². The van der Waals surface area contributed by atoms with Crippen molar-refractivity contribution in [2.75, 3.05) is 13.2 Å². The van der Waals surface area contributed by atoms with Crippen LogP contribution >= 0.6 is 11.6 Å². The molecule has 2 aromatic carbocycles. The number of rotatable bonds is 6. The molecule has 9 heteroatoms. The van der Waals surface area contributed by atoms with Crippen molar-refractivity contribution >= 4 is 33.5 Å². The number of hydrogen-bond acceptors (Lipinski definition) is 5. The zero-order chi connectivity index (χ0) is 23.6. The third-order valence-corrected chi connectivity index (χ3v) is 8.56. The number of halogens is 1. The molecule has 176 valence electrons. The van der Waals surface area contributed by atoms with E-state index in [1.807, 2.05) is 24.3 Å². The molecule has 0 atom stereocenters. The van der Waals surface area contributed by atoms with Gasteiger partial charge in [0, 0.05) is 13.1 Å². The Balaban J connectivity index is 1.60. The van der Waals surface area contributed by atoms with Crippen molar-refractivity contribution in [3.8, 4) is 0 Å². The van der Waals surface area contributed by atoms with Gasteiger partial charge >= 0.3 is 5.97 Å². The van der Waals surface area contributed by atoms with E-state index in [0.717, 1.165) is 24.0 Å². The molecule has 1 N–H and O–H groups in total. The Morgan fingerprint density at radius 3 is 2.52 bits per heavy atom. The minimum atomic E-state index is -3.84. The van der Waals surface area contributed by atoms with Crippen LogP contribution in [-0.4, -0.2) is 43.3 Å². The Morgan fingerprint density at radius 2 is 1.82 bits per heavy atom. The van der Waals surface area contributed by atoms with Crippen LogP contribution in [0.2, 0.25) is 5.02 Å². The number of fused-ring (bicyclic) bond motifs is 1. The molecule has 0 aromatic heterocycles. The van der Waals surface area contributed by atoms with E-state index in [-0.39, 0.29) is 28.6 Å². The number of nitrogens with one attached hydrogen (secondary N) is 1. The molecule has 2 aromatic rings. The van der Waals surface area contributed by atoms with Gasteiger partial charge in [-0.05, 0) is 55.5 Å². The van der Waals surface area contributed by atoms with E-state index >= 15 is 0 Å². The second-order valence-corrected chi connectivity index (χ2v) is 10.8. The van der Waals surface area contributed by atoms with Gasteiger partial charge in [-0.1, -0.05) is 48.7 Å². The Morgan fingerprint density at radius 1 is 1.12 bits per heavy atom. The van der Waals surface area contributed by atoms with Gasteiger partial charge < -0.3 is 10.1 Å². The normalized spacial score (nSPS) is 17.9. The number of esters is 1. The Bertz CT molecular complexity index is 1180. The summed E-state index contributed by atoms with van der Waals surface area (Å²) in [7, 11) is -3.84. The fourth-order valence-corrected chi connectivity index (χ4v) is 6.22. The van der Waals surface area contributed by atoms with E-state index in [0.29, 0.717) is 25.8 Å². The first kappa shape index (κ1) is 23.7. The van der Waals surface area contributed by atoms with Gasteiger partial charge in [0.2, 0.25) is 10.0 Å². The number of sulfonamides is 1.